The van der Waals surface area contributed by atoms with Crippen molar-refractivity contribution in [2.45, 2.75) is 9.79 Å². The van der Waals surface area contributed by atoms with Crippen LogP contribution in [-0.2, 0) is 0 Å². The van der Waals surface area contributed by atoms with Gasteiger partial charge in [0.2, 0.25) is 0 Å². The Kier molecular flexibility index (Phi) is 6.12. The minimum Gasteiger partial charge on any atom is -0.456 e. The molecule has 5 nitrogen and oxygen atoms in total. The fourth-order valence-electron chi connectivity index (χ4n) is 7.39. The molecule has 0 saturated heterocycles. The van der Waals surface area contributed by atoms with E-state index in [1.165, 1.54) is 26.9 Å². The molecule has 3 heterocycles. The number of fused-ring (bicyclic) bond motifs is 11. The monoisotopic (exact) mass is 671 g/mol. The summed E-state index contributed by atoms with van der Waals surface area (Å²) < 4.78 is 12.5. The van der Waals surface area contributed by atoms with Gasteiger partial charge < -0.3 is 9.15 Å². The standard InChI is InChI=1S/C45H25N3O2S/c1-2-12-30-28(10-1)29-11-3-4-13-31(29)35-24-26(20-22-32(30)35)43-46-44(27-21-23-38-36(25-27)33-14-5-6-16-37(33)49-38)48-45(47-43)34-15-9-18-40-42(34)51-41-19-8-7-17-39(41)50-40/h1-25H. The molecule has 51 heavy (non-hydrogen) atoms. The van der Waals surface area contributed by atoms with Crippen molar-refractivity contribution in [2.75, 3.05) is 0 Å². The lowest BCUT2D eigenvalue weighted by Crippen LogP contribution is -2.02. The summed E-state index contributed by atoms with van der Waals surface area (Å²) in [5, 5.41) is 9.33. The van der Waals surface area contributed by atoms with Gasteiger partial charge in [-0.3, -0.25) is 0 Å². The van der Waals surface area contributed by atoms with Crippen molar-refractivity contribution in [1.82, 2.24) is 15.0 Å². The summed E-state index contributed by atoms with van der Waals surface area (Å²) in [5.41, 5.74) is 4.37. The van der Waals surface area contributed by atoms with Crippen LogP contribution in [0.5, 0.6) is 11.5 Å². The number of furan rings is 1. The van der Waals surface area contributed by atoms with E-state index in [2.05, 4.69) is 91.0 Å². The first-order chi connectivity index (χ1) is 25.2. The predicted molar refractivity (Wildman–Crippen MR) is 207 cm³/mol. The number of hydrogen-bond donors (Lipinski definition) is 0. The average Bonchev–Trinajstić information content (AvgIpc) is 3.57. The number of aromatic nitrogens is 3. The Bertz CT molecular complexity index is 3020. The molecule has 0 radical (unpaired) electrons. The highest BCUT2D eigenvalue weighted by Crippen LogP contribution is 2.50. The predicted octanol–water partition coefficient (Wildman–Crippen LogP) is 12.5. The van der Waals surface area contributed by atoms with E-state index in [4.69, 9.17) is 24.1 Å². The average molecular weight is 672 g/mol. The number of para-hydroxylation sites is 2. The Balaban J connectivity index is 1.15. The summed E-state index contributed by atoms with van der Waals surface area (Å²) in [4.78, 5) is 17.6. The first-order valence-corrected chi connectivity index (χ1v) is 17.7. The zero-order valence-corrected chi connectivity index (χ0v) is 27.8. The SMILES string of the molecule is c1ccc2c(c1)Oc1cccc(-c3nc(-c4ccc5oc6ccccc6c5c4)nc(-c4ccc5c6ccccc6c6ccccc6c5c4)n3)c1S2. The topological polar surface area (TPSA) is 61.0 Å². The minimum absolute atomic E-state index is 0.586. The maximum Gasteiger partial charge on any atom is 0.165 e. The Hall–Kier alpha value is -6.50. The lowest BCUT2D eigenvalue weighted by Gasteiger charge is -2.21. The van der Waals surface area contributed by atoms with Gasteiger partial charge in [-0.15, -0.1) is 0 Å². The molecule has 2 aromatic heterocycles. The van der Waals surface area contributed by atoms with Gasteiger partial charge in [0.1, 0.15) is 22.7 Å². The molecule has 0 spiro atoms. The third-order valence-corrected chi connectivity index (χ3v) is 11.0. The fourth-order valence-corrected chi connectivity index (χ4v) is 8.45. The molecule has 11 rings (SSSR count). The zero-order chi connectivity index (χ0) is 33.5. The first-order valence-electron chi connectivity index (χ1n) is 16.8. The van der Waals surface area contributed by atoms with Crippen LogP contribution in [0, 0.1) is 0 Å². The molecule has 0 saturated carbocycles. The largest absolute Gasteiger partial charge is 0.456 e. The van der Waals surface area contributed by atoms with E-state index >= 15 is 0 Å². The summed E-state index contributed by atoms with van der Waals surface area (Å²) in [7, 11) is 0. The van der Waals surface area contributed by atoms with Crippen molar-refractivity contribution < 1.29 is 9.15 Å². The number of benzene rings is 8. The van der Waals surface area contributed by atoms with E-state index in [9.17, 15) is 0 Å². The fraction of sp³-hybridized carbons (Fsp3) is 0. The second kappa shape index (κ2) is 11.0. The molecule has 0 aliphatic carbocycles. The summed E-state index contributed by atoms with van der Waals surface area (Å²) in [5.74, 6) is 3.41. The van der Waals surface area contributed by atoms with Crippen molar-refractivity contribution in [1.29, 1.82) is 0 Å². The smallest absolute Gasteiger partial charge is 0.165 e. The van der Waals surface area contributed by atoms with Crippen LogP contribution in [0.4, 0.5) is 0 Å². The van der Waals surface area contributed by atoms with E-state index < -0.39 is 0 Å². The molecular weight excluding hydrogens is 647 g/mol. The van der Waals surface area contributed by atoms with Gasteiger partial charge in [0.25, 0.3) is 0 Å². The molecule has 238 valence electrons. The molecule has 0 atom stereocenters. The normalized spacial score (nSPS) is 12.4. The van der Waals surface area contributed by atoms with Gasteiger partial charge in [-0.25, -0.2) is 15.0 Å². The molecule has 1 aliphatic rings. The van der Waals surface area contributed by atoms with Crippen molar-refractivity contribution in [2.24, 2.45) is 0 Å². The van der Waals surface area contributed by atoms with Crippen LogP contribution in [0.25, 0.3) is 88.4 Å². The zero-order valence-electron chi connectivity index (χ0n) is 27.0. The highest BCUT2D eigenvalue weighted by atomic mass is 32.2. The second-order valence-electron chi connectivity index (χ2n) is 12.8. The van der Waals surface area contributed by atoms with Crippen LogP contribution >= 0.6 is 11.8 Å². The second-order valence-corrected chi connectivity index (χ2v) is 13.8. The van der Waals surface area contributed by atoms with Gasteiger partial charge in [0, 0.05) is 27.5 Å². The molecule has 0 N–H and O–H groups in total. The molecule has 0 fully saturated rings. The third kappa shape index (κ3) is 4.47. The van der Waals surface area contributed by atoms with E-state index in [1.807, 2.05) is 60.7 Å². The summed E-state index contributed by atoms with van der Waals surface area (Å²) in [6, 6.07) is 52.3. The summed E-state index contributed by atoms with van der Waals surface area (Å²) >= 11 is 1.68. The summed E-state index contributed by atoms with van der Waals surface area (Å²) in [6.07, 6.45) is 0. The number of rotatable bonds is 3. The van der Waals surface area contributed by atoms with Crippen LogP contribution in [-0.4, -0.2) is 15.0 Å². The highest BCUT2D eigenvalue weighted by molar-refractivity contribution is 7.99. The van der Waals surface area contributed by atoms with Crippen molar-refractivity contribution >= 4 is 66.0 Å². The van der Waals surface area contributed by atoms with Crippen LogP contribution in [0.3, 0.4) is 0 Å². The number of hydrogen-bond acceptors (Lipinski definition) is 6. The summed E-state index contributed by atoms with van der Waals surface area (Å²) in [6.45, 7) is 0. The maximum absolute atomic E-state index is 6.37. The molecule has 8 aromatic carbocycles. The van der Waals surface area contributed by atoms with Gasteiger partial charge in [-0.05, 0) is 86.9 Å². The van der Waals surface area contributed by atoms with Crippen LogP contribution in [0.15, 0.2) is 166 Å². The van der Waals surface area contributed by atoms with Crippen molar-refractivity contribution in [3.63, 3.8) is 0 Å². The Labute approximate surface area is 296 Å². The van der Waals surface area contributed by atoms with Crippen LogP contribution in [0.2, 0.25) is 0 Å². The maximum atomic E-state index is 6.37. The van der Waals surface area contributed by atoms with Gasteiger partial charge in [-0.2, -0.15) is 0 Å². The molecule has 6 heteroatoms. The lowest BCUT2D eigenvalue weighted by atomic mass is 9.93. The molecule has 0 bridgehead atoms. The molecule has 0 amide bonds. The quantitative estimate of drug-likeness (QED) is 0.174. The molecule has 0 unspecified atom stereocenters. The van der Waals surface area contributed by atoms with Gasteiger partial charge in [0.05, 0.1) is 9.79 Å². The van der Waals surface area contributed by atoms with E-state index in [0.29, 0.717) is 17.5 Å². The minimum atomic E-state index is 0.586. The molecule has 1 aliphatic heterocycles. The van der Waals surface area contributed by atoms with E-state index in [1.54, 1.807) is 11.8 Å². The third-order valence-electron chi connectivity index (χ3n) is 9.77. The van der Waals surface area contributed by atoms with Gasteiger partial charge >= 0.3 is 0 Å². The molecule has 10 aromatic rings. The van der Waals surface area contributed by atoms with Crippen LogP contribution in [0.1, 0.15) is 0 Å². The van der Waals surface area contributed by atoms with Crippen molar-refractivity contribution in [3.05, 3.63) is 152 Å². The Morgan fingerprint density at radius 1 is 0.392 bits per heavy atom. The van der Waals surface area contributed by atoms with E-state index in [0.717, 1.165) is 65.3 Å². The molecular formula is C45H25N3O2S. The van der Waals surface area contributed by atoms with Gasteiger partial charge in [-0.1, -0.05) is 109 Å². The van der Waals surface area contributed by atoms with Gasteiger partial charge in [0.15, 0.2) is 17.5 Å². The van der Waals surface area contributed by atoms with E-state index in [-0.39, 0.29) is 0 Å². The van der Waals surface area contributed by atoms with Crippen molar-refractivity contribution in [3.8, 4) is 45.7 Å². The number of ether oxygens (including phenoxy) is 1. The Morgan fingerprint density at radius 3 is 1.71 bits per heavy atom. The highest BCUT2D eigenvalue weighted by Gasteiger charge is 2.24. The Morgan fingerprint density at radius 2 is 0.941 bits per heavy atom. The number of nitrogens with zero attached hydrogens (tertiary/aromatic N) is 3. The first kappa shape index (κ1) is 28.3. The van der Waals surface area contributed by atoms with Crippen LogP contribution < -0.4 is 4.74 Å². The lowest BCUT2D eigenvalue weighted by molar-refractivity contribution is 0.455.